The summed E-state index contributed by atoms with van der Waals surface area (Å²) >= 11 is 1.34. The van der Waals surface area contributed by atoms with Gasteiger partial charge in [0.2, 0.25) is 5.95 Å². The molecule has 2 aromatic rings. The lowest BCUT2D eigenvalue weighted by atomic mass is 10.2. The lowest BCUT2D eigenvalue weighted by Gasteiger charge is -2.05. The number of ether oxygens (including phenoxy) is 1. The minimum absolute atomic E-state index is 0.114. The molecule has 0 aliphatic rings. The van der Waals surface area contributed by atoms with E-state index in [0.29, 0.717) is 34.4 Å². The number of thioether (sulfide) groups is 1. The van der Waals surface area contributed by atoms with Gasteiger partial charge in [-0.2, -0.15) is 5.26 Å². The normalized spacial score (nSPS) is 10.4. The number of methoxy groups -OCH3 is 1. The Morgan fingerprint density at radius 1 is 1.47 bits per heavy atom. The van der Waals surface area contributed by atoms with Crippen molar-refractivity contribution in [3.63, 3.8) is 0 Å². The average molecular weight is 276 g/mol. The summed E-state index contributed by atoms with van der Waals surface area (Å²) < 4.78 is 10.6. The summed E-state index contributed by atoms with van der Waals surface area (Å²) in [6.07, 6.45) is 1.82. The Balaban J connectivity index is 2.54. The van der Waals surface area contributed by atoms with Crippen LogP contribution in [0.15, 0.2) is 21.6 Å². The van der Waals surface area contributed by atoms with Crippen molar-refractivity contribution in [3.8, 4) is 17.5 Å². The van der Waals surface area contributed by atoms with Crippen molar-refractivity contribution in [1.82, 2.24) is 9.97 Å². The van der Waals surface area contributed by atoms with E-state index in [1.54, 1.807) is 19.2 Å². The molecule has 0 saturated carbocycles. The van der Waals surface area contributed by atoms with Crippen molar-refractivity contribution in [2.75, 3.05) is 19.1 Å². The molecule has 98 valence electrons. The van der Waals surface area contributed by atoms with E-state index in [4.69, 9.17) is 14.9 Å². The quantitative estimate of drug-likeness (QED) is 0.674. The topological polar surface area (TPSA) is 98.0 Å². The van der Waals surface area contributed by atoms with Gasteiger partial charge in [-0.3, -0.25) is 0 Å². The van der Waals surface area contributed by atoms with Gasteiger partial charge >= 0.3 is 0 Å². The van der Waals surface area contributed by atoms with Crippen LogP contribution in [0, 0.1) is 11.3 Å². The van der Waals surface area contributed by atoms with Gasteiger partial charge in [-0.1, -0.05) is 0 Å². The predicted molar refractivity (Wildman–Crippen MR) is 71.4 cm³/mol. The molecule has 2 aromatic heterocycles. The molecule has 2 rings (SSSR count). The van der Waals surface area contributed by atoms with Gasteiger partial charge in [0.15, 0.2) is 5.76 Å². The van der Waals surface area contributed by atoms with Gasteiger partial charge in [0.05, 0.1) is 0 Å². The van der Waals surface area contributed by atoms with Crippen LogP contribution in [0.1, 0.15) is 11.3 Å². The molecule has 0 aromatic carbocycles. The van der Waals surface area contributed by atoms with Crippen molar-refractivity contribution in [1.29, 1.82) is 5.26 Å². The number of aromatic nitrogens is 2. The molecule has 0 saturated heterocycles. The van der Waals surface area contributed by atoms with Crippen LogP contribution in [-0.4, -0.2) is 23.3 Å². The van der Waals surface area contributed by atoms with Crippen LogP contribution in [0.25, 0.3) is 11.5 Å². The highest BCUT2D eigenvalue weighted by atomic mass is 32.2. The molecule has 0 bridgehead atoms. The van der Waals surface area contributed by atoms with Gasteiger partial charge in [0, 0.05) is 7.11 Å². The highest BCUT2D eigenvalue weighted by molar-refractivity contribution is 7.98. The molecule has 0 atom stereocenters. The molecule has 0 aliphatic heterocycles. The first kappa shape index (κ1) is 13.4. The van der Waals surface area contributed by atoms with Crippen molar-refractivity contribution in [2.45, 2.75) is 11.6 Å². The Morgan fingerprint density at radius 2 is 2.26 bits per heavy atom. The molecule has 0 aliphatic carbocycles. The molecule has 0 radical (unpaired) electrons. The molecule has 0 fully saturated rings. The molecule has 0 spiro atoms. The van der Waals surface area contributed by atoms with E-state index < -0.39 is 0 Å². The van der Waals surface area contributed by atoms with Crippen LogP contribution in [0.3, 0.4) is 0 Å². The minimum atomic E-state index is 0.114. The van der Waals surface area contributed by atoms with Crippen molar-refractivity contribution < 1.29 is 9.15 Å². The Labute approximate surface area is 114 Å². The van der Waals surface area contributed by atoms with Crippen LogP contribution in [-0.2, 0) is 11.3 Å². The Bertz CT molecular complexity index is 633. The minimum Gasteiger partial charge on any atom is -0.457 e. The second-order valence-corrected chi connectivity index (χ2v) is 4.42. The third-order valence-corrected chi connectivity index (χ3v) is 3.06. The van der Waals surface area contributed by atoms with Crippen molar-refractivity contribution >= 4 is 17.7 Å². The van der Waals surface area contributed by atoms with Gasteiger partial charge in [0.1, 0.15) is 34.7 Å². The van der Waals surface area contributed by atoms with Gasteiger partial charge < -0.3 is 14.9 Å². The first-order valence-electron chi connectivity index (χ1n) is 5.39. The molecule has 19 heavy (non-hydrogen) atoms. The summed E-state index contributed by atoms with van der Waals surface area (Å²) in [7, 11) is 1.58. The maximum absolute atomic E-state index is 9.24. The van der Waals surface area contributed by atoms with Crippen LogP contribution < -0.4 is 5.73 Å². The number of nitrogen functional groups attached to an aromatic ring is 1. The number of rotatable bonds is 4. The highest BCUT2D eigenvalue weighted by Gasteiger charge is 2.17. The number of nitrogens with two attached hydrogens (primary N) is 1. The SMILES string of the molecule is COCc1ccc(-c2nc(N)nc(SC)c2C#N)o1. The largest absolute Gasteiger partial charge is 0.457 e. The zero-order valence-corrected chi connectivity index (χ0v) is 11.3. The first-order chi connectivity index (χ1) is 9.19. The van der Waals surface area contributed by atoms with E-state index in [0.717, 1.165) is 0 Å². The number of nitriles is 1. The molecule has 2 heterocycles. The third-order valence-electron chi connectivity index (χ3n) is 2.38. The van der Waals surface area contributed by atoms with E-state index in [-0.39, 0.29) is 5.95 Å². The highest BCUT2D eigenvalue weighted by Crippen LogP contribution is 2.29. The molecule has 7 heteroatoms. The fraction of sp³-hybridized carbons (Fsp3) is 0.250. The number of hydrogen-bond donors (Lipinski definition) is 1. The van der Waals surface area contributed by atoms with Gasteiger partial charge in [-0.15, -0.1) is 11.8 Å². The molecule has 0 amide bonds. The lowest BCUT2D eigenvalue weighted by molar-refractivity contribution is 0.165. The maximum atomic E-state index is 9.24. The number of furan rings is 1. The van der Waals surface area contributed by atoms with E-state index in [9.17, 15) is 5.26 Å². The zero-order chi connectivity index (χ0) is 13.8. The van der Waals surface area contributed by atoms with Gasteiger partial charge in [0.25, 0.3) is 0 Å². The average Bonchev–Trinajstić information content (AvgIpc) is 2.86. The fourth-order valence-corrected chi connectivity index (χ4v) is 2.14. The second-order valence-electron chi connectivity index (χ2n) is 3.63. The molecule has 6 nitrogen and oxygen atoms in total. The fourth-order valence-electron chi connectivity index (χ4n) is 1.61. The summed E-state index contributed by atoms with van der Waals surface area (Å²) in [5.41, 5.74) is 6.42. The van der Waals surface area contributed by atoms with Crippen molar-refractivity contribution in [2.24, 2.45) is 0 Å². The number of hydrogen-bond acceptors (Lipinski definition) is 7. The Hall–Kier alpha value is -2.04. The second kappa shape index (κ2) is 5.73. The van der Waals surface area contributed by atoms with Crippen LogP contribution >= 0.6 is 11.8 Å². The molecular formula is C12H12N4O2S. The number of nitrogens with zero attached hydrogens (tertiary/aromatic N) is 3. The van der Waals surface area contributed by atoms with E-state index in [2.05, 4.69) is 16.0 Å². The number of anilines is 1. The standard InChI is InChI=1S/C12H12N4O2S/c1-17-6-7-3-4-9(18-7)10-8(5-13)11(19-2)16-12(14)15-10/h3-4H,6H2,1-2H3,(H2,14,15,16). The summed E-state index contributed by atoms with van der Waals surface area (Å²) in [4.78, 5) is 8.13. The summed E-state index contributed by atoms with van der Waals surface area (Å²) in [6, 6.07) is 5.60. The van der Waals surface area contributed by atoms with E-state index >= 15 is 0 Å². The van der Waals surface area contributed by atoms with Gasteiger partial charge in [-0.25, -0.2) is 9.97 Å². The lowest BCUT2D eigenvalue weighted by Crippen LogP contribution is -2.01. The summed E-state index contributed by atoms with van der Waals surface area (Å²) in [5.74, 6) is 1.25. The smallest absolute Gasteiger partial charge is 0.221 e. The summed E-state index contributed by atoms with van der Waals surface area (Å²) in [5, 5.41) is 9.78. The Morgan fingerprint density at radius 3 is 2.89 bits per heavy atom. The van der Waals surface area contributed by atoms with E-state index in [1.807, 2.05) is 6.26 Å². The van der Waals surface area contributed by atoms with Crippen molar-refractivity contribution in [3.05, 3.63) is 23.5 Å². The zero-order valence-electron chi connectivity index (χ0n) is 10.5. The van der Waals surface area contributed by atoms with Crippen LogP contribution in [0.5, 0.6) is 0 Å². The third kappa shape index (κ3) is 2.70. The monoisotopic (exact) mass is 276 g/mol. The summed E-state index contributed by atoms with van der Waals surface area (Å²) in [6.45, 7) is 0.359. The maximum Gasteiger partial charge on any atom is 0.221 e. The molecule has 0 unspecified atom stereocenters. The van der Waals surface area contributed by atoms with Crippen LogP contribution in [0.4, 0.5) is 5.95 Å². The Kier molecular flexibility index (Phi) is 4.04. The molecule has 2 N–H and O–H groups in total. The predicted octanol–water partition coefficient (Wildman–Crippen LogP) is 2.06. The first-order valence-corrected chi connectivity index (χ1v) is 6.61. The van der Waals surface area contributed by atoms with Crippen LogP contribution in [0.2, 0.25) is 0 Å². The van der Waals surface area contributed by atoms with E-state index in [1.165, 1.54) is 11.8 Å². The molecular weight excluding hydrogens is 264 g/mol. The van der Waals surface area contributed by atoms with Gasteiger partial charge in [-0.05, 0) is 18.4 Å².